The highest BCUT2D eigenvalue weighted by Crippen LogP contribution is 2.20. The van der Waals surface area contributed by atoms with Gasteiger partial charge in [0.25, 0.3) is 5.91 Å². The fraction of sp³-hybridized carbons (Fsp3) is 0.300. The molecule has 0 saturated carbocycles. The molecule has 0 aromatic heterocycles. The summed E-state index contributed by atoms with van der Waals surface area (Å²) >= 11 is 0. The summed E-state index contributed by atoms with van der Waals surface area (Å²) in [5, 5.41) is 6.34. The van der Waals surface area contributed by atoms with E-state index in [1.54, 1.807) is 5.32 Å². The fourth-order valence-electron chi connectivity index (χ4n) is 1.35. The van der Waals surface area contributed by atoms with Gasteiger partial charge in [0.05, 0.1) is 12.0 Å². The van der Waals surface area contributed by atoms with E-state index in [9.17, 15) is 35.2 Å². The van der Waals surface area contributed by atoms with Gasteiger partial charge in [-0.3, -0.25) is 4.79 Å². The van der Waals surface area contributed by atoms with Crippen LogP contribution in [0.25, 0.3) is 0 Å². The number of halogens is 5. The summed E-state index contributed by atoms with van der Waals surface area (Å²) in [6, 6.07) is 0.615. The van der Waals surface area contributed by atoms with E-state index in [1.807, 2.05) is 0 Å². The van der Waals surface area contributed by atoms with Crippen LogP contribution < -0.4 is 10.5 Å². The van der Waals surface area contributed by atoms with Gasteiger partial charge < -0.3 is 5.32 Å². The Hall–Kier alpha value is -1.75. The van der Waals surface area contributed by atoms with Gasteiger partial charge in [0.2, 0.25) is 10.0 Å². The third kappa shape index (κ3) is 4.93. The minimum atomic E-state index is -4.63. The molecule has 11 heteroatoms. The molecule has 21 heavy (non-hydrogen) atoms. The van der Waals surface area contributed by atoms with Crippen LogP contribution in [-0.2, 0) is 10.0 Å². The Bertz CT molecular complexity index is 657. The van der Waals surface area contributed by atoms with Gasteiger partial charge in [-0.2, -0.15) is 13.2 Å². The molecule has 0 fully saturated rings. The predicted octanol–water partition coefficient (Wildman–Crippen LogP) is 1.29. The maximum absolute atomic E-state index is 13.8. The molecule has 118 valence electrons. The van der Waals surface area contributed by atoms with Crippen molar-refractivity contribution in [2.24, 2.45) is 5.14 Å². The lowest BCUT2D eigenvalue weighted by molar-refractivity contribution is -0.132. The first-order valence-corrected chi connectivity index (χ1v) is 6.83. The Kier molecular flexibility index (Phi) is 4.89. The van der Waals surface area contributed by atoms with Crippen molar-refractivity contribution in [1.29, 1.82) is 0 Å². The summed E-state index contributed by atoms with van der Waals surface area (Å²) in [5.41, 5.74) is -1.05. The van der Waals surface area contributed by atoms with Crippen LogP contribution in [0.3, 0.4) is 0 Å². The number of benzene rings is 1. The Labute approximate surface area is 116 Å². The Morgan fingerprint density at radius 1 is 1.24 bits per heavy atom. The second kappa shape index (κ2) is 5.93. The molecule has 0 bridgehead atoms. The van der Waals surface area contributed by atoms with Gasteiger partial charge in [0.15, 0.2) is 5.82 Å². The Morgan fingerprint density at radius 3 is 2.29 bits per heavy atom. The van der Waals surface area contributed by atoms with Crippen molar-refractivity contribution >= 4 is 15.9 Å². The third-order valence-electron chi connectivity index (χ3n) is 2.25. The van der Waals surface area contributed by atoms with E-state index in [-0.39, 0.29) is 6.07 Å². The smallest absolute Gasteiger partial charge is 0.352 e. The first kappa shape index (κ1) is 17.3. The van der Waals surface area contributed by atoms with E-state index >= 15 is 0 Å². The van der Waals surface area contributed by atoms with Crippen LogP contribution in [0.5, 0.6) is 0 Å². The molecule has 1 amide bonds. The normalized spacial score (nSPS) is 12.3. The third-order valence-corrected chi connectivity index (χ3v) is 3.16. The number of nitrogens with two attached hydrogens (primary N) is 1. The van der Waals surface area contributed by atoms with Gasteiger partial charge >= 0.3 is 6.18 Å². The topological polar surface area (TPSA) is 89.3 Å². The van der Waals surface area contributed by atoms with Crippen molar-refractivity contribution in [2.45, 2.75) is 17.5 Å². The zero-order valence-electron chi connectivity index (χ0n) is 10.2. The van der Waals surface area contributed by atoms with Crippen molar-refractivity contribution in [1.82, 2.24) is 5.32 Å². The van der Waals surface area contributed by atoms with E-state index in [4.69, 9.17) is 0 Å². The molecule has 5 nitrogen and oxygen atoms in total. The fourth-order valence-corrected chi connectivity index (χ4v) is 1.99. The summed E-state index contributed by atoms with van der Waals surface area (Å²) in [6.45, 7) is -0.872. The van der Waals surface area contributed by atoms with Gasteiger partial charge in [0, 0.05) is 6.54 Å². The molecular weight excluding hydrogens is 323 g/mol. The Balaban J connectivity index is 3.03. The van der Waals surface area contributed by atoms with E-state index in [0.717, 1.165) is 0 Å². The molecule has 0 aliphatic heterocycles. The van der Waals surface area contributed by atoms with Crippen LogP contribution in [0.1, 0.15) is 16.8 Å². The number of amides is 1. The quantitative estimate of drug-likeness (QED) is 0.815. The Morgan fingerprint density at radius 2 is 1.81 bits per heavy atom. The molecule has 0 saturated heterocycles. The van der Waals surface area contributed by atoms with Crippen LogP contribution in [0.4, 0.5) is 22.0 Å². The lowest BCUT2D eigenvalue weighted by atomic mass is 10.2. The average Bonchev–Trinajstić information content (AvgIpc) is 2.28. The molecule has 0 aliphatic rings. The number of alkyl halides is 3. The van der Waals surface area contributed by atoms with Gasteiger partial charge in [-0.05, 0) is 12.1 Å². The number of primary sulfonamides is 1. The van der Waals surface area contributed by atoms with E-state index in [0.29, 0.717) is 6.07 Å². The molecule has 3 N–H and O–H groups in total. The first-order chi connectivity index (χ1) is 9.42. The summed E-state index contributed by atoms with van der Waals surface area (Å²) in [6.07, 6.45) is -5.92. The van der Waals surface area contributed by atoms with Crippen molar-refractivity contribution < 1.29 is 35.2 Å². The molecule has 1 rings (SSSR count). The molecule has 0 heterocycles. The van der Waals surface area contributed by atoms with Crippen LogP contribution in [0, 0.1) is 11.6 Å². The minimum Gasteiger partial charge on any atom is -0.352 e. The highest BCUT2D eigenvalue weighted by molar-refractivity contribution is 7.89. The summed E-state index contributed by atoms with van der Waals surface area (Å²) < 4.78 is 84.6. The minimum absolute atomic E-state index is 0.261. The van der Waals surface area contributed by atoms with Crippen LogP contribution in [0.2, 0.25) is 0 Å². The number of nitrogens with one attached hydrogen (secondary N) is 1. The molecule has 0 aliphatic carbocycles. The predicted molar refractivity (Wildman–Crippen MR) is 60.7 cm³/mol. The summed E-state index contributed by atoms with van der Waals surface area (Å²) in [4.78, 5) is 10.2. The molecule has 0 atom stereocenters. The molecule has 1 aromatic carbocycles. The molecule has 0 spiro atoms. The monoisotopic (exact) mass is 332 g/mol. The SMILES string of the molecule is NS(=O)(=O)c1cc(F)cc(C(=O)NCCC(F)(F)F)c1F. The standard InChI is InChI=1S/C10H9F5N2O3S/c11-5-3-6(8(12)7(4-5)21(16,19)20)9(18)17-2-1-10(13,14)15/h3-4H,1-2H2,(H,17,18)(H2,16,19,20). The highest BCUT2D eigenvalue weighted by Gasteiger charge is 2.28. The van der Waals surface area contributed by atoms with Crippen molar-refractivity contribution in [2.75, 3.05) is 6.54 Å². The van der Waals surface area contributed by atoms with E-state index in [1.165, 1.54) is 0 Å². The average molecular weight is 332 g/mol. The van der Waals surface area contributed by atoms with E-state index < -0.39 is 57.2 Å². The lowest BCUT2D eigenvalue weighted by Gasteiger charge is -2.10. The zero-order valence-corrected chi connectivity index (χ0v) is 11.0. The number of rotatable bonds is 4. The number of sulfonamides is 1. The second-order valence-corrected chi connectivity index (χ2v) is 5.46. The second-order valence-electron chi connectivity index (χ2n) is 3.93. The number of carbonyl (C=O) groups is 1. The molecular formula is C10H9F5N2O3S. The largest absolute Gasteiger partial charge is 0.390 e. The number of hydrogen-bond donors (Lipinski definition) is 2. The molecule has 1 aromatic rings. The van der Waals surface area contributed by atoms with Crippen molar-refractivity contribution in [3.05, 3.63) is 29.3 Å². The van der Waals surface area contributed by atoms with Gasteiger partial charge in [0.1, 0.15) is 10.7 Å². The highest BCUT2D eigenvalue weighted by atomic mass is 32.2. The van der Waals surface area contributed by atoms with Crippen molar-refractivity contribution in [3.8, 4) is 0 Å². The lowest BCUT2D eigenvalue weighted by Crippen LogP contribution is -2.29. The summed E-state index contributed by atoms with van der Waals surface area (Å²) in [7, 11) is -4.63. The van der Waals surface area contributed by atoms with Crippen LogP contribution in [0.15, 0.2) is 17.0 Å². The molecule has 0 unspecified atom stereocenters. The van der Waals surface area contributed by atoms with Crippen LogP contribution in [-0.4, -0.2) is 27.0 Å². The van der Waals surface area contributed by atoms with Gasteiger partial charge in [-0.25, -0.2) is 22.3 Å². The maximum Gasteiger partial charge on any atom is 0.390 e. The number of carbonyl (C=O) groups excluding carboxylic acids is 1. The summed E-state index contributed by atoms with van der Waals surface area (Å²) in [5.74, 6) is -4.30. The zero-order chi connectivity index (χ0) is 16.4. The molecule has 0 radical (unpaired) electrons. The van der Waals surface area contributed by atoms with Crippen LogP contribution >= 0.6 is 0 Å². The first-order valence-electron chi connectivity index (χ1n) is 5.28. The van der Waals surface area contributed by atoms with Crippen molar-refractivity contribution in [3.63, 3.8) is 0 Å². The van der Waals surface area contributed by atoms with Gasteiger partial charge in [-0.15, -0.1) is 0 Å². The van der Waals surface area contributed by atoms with E-state index in [2.05, 4.69) is 5.14 Å². The maximum atomic E-state index is 13.8. The number of hydrogen-bond acceptors (Lipinski definition) is 3. The van der Waals surface area contributed by atoms with Gasteiger partial charge in [-0.1, -0.05) is 0 Å².